The van der Waals surface area contributed by atoms with Gasteiger partial charge in [0, 0.05) is 38.0 Å². The summed E-state index contributed by atoms with van der Waals surface area (Å²) in [7, 11) is 1.63. The fourth-order valence-corrected chi connectivity index (χ4v) is 6.83. The summed E-state index contributed by atoms with van der Waals surface area (Å²) in [5.74, 6) is -4.87. The predicted molar refractivity (Wildman–Crippen MR) is 166 cm³/mol. The van der Waals surface area contributed by atoms with Crippen LogP contribution >= 0.6 is 23.5 Å². The number of nitrogen functional groups attached to an aromatic ring is 1. The van der Waals surface area contributed by atoms with Crippen molar-refractivity contribution in [3.63, 3.8) is 0 Å². The minimum absolute atomic E-state index is 0.0122. The van der Waals surface area contributed by atoms with E-state index in [4.69, 9.17) is 24.5 Å². The first-order valence-corrected chi connectivity index (χ1v) is 15.9. The summed E-state index contributed by atoms with van der Waals surface area (Å²) in [4.78, 5) is 84.7. The SMILES string of the molecule is CC(=O)Oc1ccc(C(=O)CO/N=C(\C(=O)N[C@@H]2C(=O)N3C(C(=O)O)=C(CSc4nnnn4C)CS[C@@H]23)c2coc(N)n2)cc1OC(C)=O. The van der Waals surface area contributed by atoms with Crippen LogP contribution in [-0.2, 0) is 35.9 Å². The second-order valence-corrected chi connectivity index (χ2v) is 12.1. The number of oxazole rings is 1. The maximum atomic E-state index is 13.4. The molecule has 2 aromatic heterocycles. The van der Waals surface area contributed by atoms with Gasteiger partial charge in [0.1, 0.15) is 29.1 Å². The number of aromatic nitrogens is 5. The first-order chi connectivity index (χ1) is 23.3. The topological polar surface area (TPSA) is 274 Å². The number of aliphatic carboxylic acids is 1. The quantitative estimate of drug-likeness (QED) is 0.0392. The molecule has 5 rings (SSSR count). The van der Waals surface area contributed by atoms with Crippen LogP contribution in [0.4, 0.5) is 6.01 Å². The van der Waals surface area contributed by atoms with Gasteiger partial charge >= 0.3 is 17.9 Å². The second-order valence-electron chi connectivity index (χ2n) is 10.0. The Morgan fingerprint density at radius 2 is 1.92 bits per heavy atom. The van der Waals surface area contributed by atoms with Crippen LogP contribution in [0.2, 0.25) is 0 Å². The molecular weight excluding hydrogens is 690 g/mol. The van der Waals surface area contributed by atoms with Crippen LogP contribution in [0.25, 0.3) is 0 Å². The number of amides is 2. The van der Waals surface area contributed by atoms with Crippen LogP contribution < -0.4 is 20.5 Å². The van der Waals surface area contributed by atoms with Crippen molar-refractivity contribution >= 4 is 70.8 Å². The van der Waals surface area contributed by atoms with Gasteiger partial charge in [-0.2, -0.15) is 4.98 Å². The van der Waals surface area contributed by atoms with Gasteiger partial charge in [0.2, 0.25) is 10.9 Å². The second kappa shape index (κ2) is 14.6. The molecule has 4 heterocycles. The number of rotatable bonds is 13. The molecule has 0 spiro atoms. The number of carboxylic acids is 1. The summed E-state index contributed by atoms with van der Waals surface area (Å²) in [6, 6.07) is 2.24. The van der Waals surface area contributed by atoms with E-state index in [9.17, 15) is 33.9 Å². The third-order valence-electron chi connectivity index (χ3n) is 6.60. The molecule has 22 heteroatoms. The van der Waals surface area contributed by atoms with Crippen molar-refractivity contribution < 1.29 is 52.6 Å². The fourth-order valence-electron chi connectivity index (χ4n) is 4.49. The highest BCUT2D eigenvalue weighted by atomic mass is 32.2. The summed E-state index contributed by atoms with van der Waals surface area (Å²) in [6.07, 6.45) is 1.00. The molecule has 0 saturated carbocycles. The molecule has 4 N–H and O–H groups in total. The van der Waals surface area contributed by atoms with Gasteiger partial charge in [0.25, 0.3) is 17.8 Å². The van der Waals surface area contributed by atoms with E-state index in [1.807, 2.05) is 0 Å². The first-order valence-electron chi connectivity index (χ1n) is 13.9. The van der Waals surface area contributed by atoms with E-state index in [-0.39, 0.29) is 46.0 Å². The minimum atomic E-state index is -1.31. The molecule has 1 fully saturated rings. The maximum absolute atomic E-state index is 13.4. The zero-order valence-corrected chi connectivity index (χ0v) is 27.3. The lowest BCUT2D eigenvalue weighted by Crippen LogP contribution is -2.71. The number of tetrazole rings is 1. The molecule has 3 aromatic rings. The number of carboxylic acid groups (broad SMARTS) is 1. The zero-order valence-electron chi connectivity index (χ0n) is 25.6. The van der Waals surface area contributed by atoms with Crippen LogP contribution in [0.5, 0.6) is 11.5 Å². The molecule has 256 valence electrons. The van der Waals surface area contributed by atoms with Crippen LogP contribution in [0.1, 0.15) is 29.9 Å². The van der Waals surface area contributed by atoms with Gasteiger partial charge in [-0.3, -0.25) is 28.9 Å². The van der Waals surface area contributed by atoms with E-state index < -0.39 is 59.2 Å². The Kier molecular flexibility index (Phi) is 10.3. The van der Waals surface area contributed by atoms with Crippen molar-refractivity contribution in [2.24, 2.45) is 12.2 Å². The van der Waals surface area contributed by atoms with Crippen LogP contribution in [0, 0.1) is 0 Å². The number of nitrogens with two attached hydrogens (primary N) is 1. The number of hydrogen-bond acceptors (Lipinski definition) is 18. The molecular formula is C27H25N9O11S2. The minimum Gasteiger partial charge on any atom is -0.477 e. The number of β-lactam (4-membered cyclic amide) rings is 1. The number of oxime groups is 1. The molecule has 1 aromatic carbocycles. The number of nitrogens with zero attached hydrogens (tertiary/aromatic N) is 7. The number of hydrogen-bond donors (Lipinski definition) is 3. The molecule has 20 nitrogen and oxygen atoms in total. The average molecular weight is 716 g/mol. The molecule has 0 unspecified atom stereocenters. The highest BCUT2D eigenvalue weighted by Gasteiger charge is 2.54. The largest absolute Gasteiger partial charge is 0.477 e. The Labute approximate surface area is 283 Å². The Morgan fingerprint density at radius 3 is 2.55 bits per heavy atom. The van der Waals surface area contributed by atoms with Gasteiger partial charge in [-0.15, -0.1) is 16.9 Å². The number of carbonyl (C=O) groups is 6. The van der Waals surface area contributed by atoms with Crippen molar-refractivity contribution in [3.05, 3.63) is 47.0 Å². The summed E-state index contributed by atoms with van der Waals surface area (Å²) in [6.45, 7) is 1.54. The number of nitrogens with one attached hydrogen (secondary N) is 1. The molecule has 0 bridgehead atoms. The number of thioether (sulfide) groups is 2. The molecule has 0 aliphatic carbocycles. The normalized spacial score (nSPS) is 17.2. The van der Waals surface area contributed by atoms with Gasteiger partial charge in [-0.25, -0.2) is 9.48 Å². The number of fused-ring (bicyclic) bond motifs is 1. The number of carbonyl (C=O) groups excluding carboxylic acids is 5. The number of Topliss-reactive ketones (excluding diaryl/α,β-unsaturated/α-hetero) is 1. The Hall–Kier alpha value is -5.77. The summed E-state index contributed by atoms with van der Waals surface area (Å²) in [5, 5.41) is 27.1. The number of ketones is 1. The Balaban J connectivity index is 1.29. The highest BCUT2D eigenvalue weighted by Crippen LogP contribution is 2.41. The van der Waals surface area contributed by atoms with E-state index in [2.05, 4.69) is 31.0 Å². The number of aryl methyl sites for hydroxylation is 1. The van der Waals surface area contributed by atoms with Gasteiger partial charge in [0.15, 0.2) is 23.8 Å². The Morgan fingerprint density at radius 1 is 1.18 bits per heavy atom. The fraction of sp³-hybridized carbons (Fsp3) is 0.296. The van der Waals surface area contributed by atoms with Gasteiger partial charge in [-0.1, -0.05) is 16.9 Å². The molecule has 0 radical (unpaired) electrons. The van der Waals surface area contributed by atoms with Crippen LogP contribution in [-0.4, -0.2) is 106 Å². The molecule has 2 aliphatic heterocycles. The lowest BCUT2D eigenvalue weighted by Gasteiger charge is -2.49. The van der Waals surface area contributed by atoms with Crippen molar-refractivity contribution in [1.82, 2.24) is 35.4 Å². The highest BCUT2D eigenvalue weighted by molar-refractivity contribution is 8.01. The number of esters is 2. The zero-order chi connectivity index (χ0) is 35.4. The van der Waals surface area contributed by atoms with Crippen LogP contribution in [0.15, 0.2) is 50.5 Å². The third-order valence-corrected chi connectivity index (χ3v) is 9.03. The molecule has 1 saturated heterocycles. The van der Waals surface area contributed by atoms with E-state index in [0.29, 0.717) is 10.7 Å². The summed E-state index contributed by atoms with van der Waals surface area (Å²) < 4.78 is 16.4. The van der Waals surface area contributed by atoms with Crippen LogP contribution in [0.3, 0.4) is 0 Å². The van der Waals surface area contributed by atoms with Crippen molar-refractivity contribution in [1.29, 1.82) is 0 Å². The number of ether oxygens (including phenoxy) is 2. The molecule has 49 heavy (non-hydrogen) atoms. The lowest BCUT2D eigenvalue weighted by molar-refractivity contribution is -0.150. The average Bonchev–Trinajstić information content (AvgIpc) is 3.67. The molecule has 2 aliphatic rings. The maximum Gasteiger partial charge on any atom is 0.352 e. The smallest absolute Gasteiger partial charge is 0.352 e. The Bertz CT molecular complexity index is 1920. The van der Waals surface area contributed by atoms with Gasteiger partial charge in [0.05, 0.1) is 0 Å². The van der Waals surface area contributed by atoms with Crippen molar-refractivity contribution in [3.8, 4) is 11.5 Å². The van der Waals surface area contributed by atoms with Crippen molar-refractivity contribution in [2.45, 2.75) is 30.4 Å². The predicted octanol–water partition coefficient (Wildman–Crippen LogP) is -0.235. The van der Waals surface area contributed by atoms with E-state index in [0.717, 1.165) is 31.1 Å². The number of benzene rings is 1. The van der Waals surface area contributed by atoms with E-state index in [1.54, 1.807) is 7.05 Å². The monoisotopic (exact) mass is 715 g/mol. The molecule has 2 amide bonds. The van der Waals surface area contributed by atoms with Gasteiger partial charge < -0.3 is 34.9 Å². The standard InChI is InChI=1S/C27H25N9O11S2/c1-11(37)46-17-5-4-13(6-18(17)47-12(2)38)16(39)8-45-32-19(15-7-44-26(28)29-15)22(40)30-20-23(41)36-21(25(42)43)14(9-48-24(20)36)10-49-27-31-33-34-35(27)3/h4-7,20,24H,8-10H2,1-3H3,(H2,28,29)(H,30,40)(H,42,43)/b32-19-/t20-,24+/m1/s1. The number of anilines is 1. The van der Waals surface area contributed by atoms with Gasteiger partial charge in [-0.05, 0) is 34.2 Å². The third kappa shape index (κ3) is 7.70. The van der Waals surface area contributed by atoms with E-state index in [1.165, 1.54) is 40.3 Å². The summed E-state index contributed by atoms with van der Waals surface area (Å²) in [5.41, 5.74) is 5.14. The van der Waals surface area contributed by atoms with E-state index >= 15 is 0 Å². The lowest BCUT2D eigenvalue weighted by atomic mass is 10.0. The summed E-state index contributed by atoms with van der Waals surface area (Å²) >= 11 is 2.45. The molecule has 2 atom stereocenters. The van der Waals surface area contributed by atoms with Crippen molar-refractivity contribution in [2.75, 3.05) is 23.8 Å². The first kappa shape index (κ1) is 34.6.